The first-order valence-electron chi connectivity index (χ1n) is 16.0. The van der Waals surface area contributed by atoms with Crippen molar-refractivity contribution in [1.82, 2.24) is 34.8 Å². The molecule has 6 aromatic rings. The van der Waals surface area contributed by atoms with Crippen LogP contribution in [0.4, 0.5) is 41.7 Å². The Bertz CT molecular complexity index is 2360. The Hall–Kier alpha value is -5.26. The Labute approximate surface area is 294 Å². The lowest BCUT2D eigenvalue weighted by molar-refractivity contribution is -0.143. The Balaban J connectivity index is 1.38. The molecule has 0 aliphatic heterocycles. The van der Waals surface area contributed by atoms with Crippen LogP contribution in [-0.2, 0) is 36.9 Å². The average molecular weight is 746 g/mol. The summed E-state index contributed by atoms with van der Waals surface area (Å²) in [5.74, 6) is -8.96. The van der Waals surface area contributed by atoms with Crippen LogP contribution in [0.2, 0.25) is 0 Å². The molecule has 7 rings (SSSR count). The van der Waals surface area contributed by atoms with Gasteiger partial charge in [0.1, 0.15) is 23.9 Å². The molecule has 18 heteroatoms. The van der Waals surface area contributed by atoms with E-state index in [0.29, 0.717) is 42.6 Å². The molecule has 1 aliphatic carbocycles. The number of thiazole rings is 1. The minimum atomic E-state index is -5.06. The molecule has 0 saturated carbocycles. The minimum absolute atomic E-state index is 0.0985. The number of aromatic nitrogens is 6. The van der Waals surface area contributed by atoms with Gasteiger partial charge in [0.25, 0.3) is 5.92 Å². The summed E-state index contributed by atoms with van der Waals surface area (Å²) >= 11 is 1.29. The maximum absolute atomic E-state index is 15.5. The number of carbonyl (C=O) groups excluding carboxylic acids is 1. The molecule has 4 aromatic heterocycles. The van der Waals surface area contributed by atoms with Gasteiger partial charge < -0.3 is 16.4 Å². The van der Waals surface area contributed by atoms with Crippen LogP contribution in [0.5, 0.6) is 0 Å². The van der Waals surface area contributed by atoms with E-state index in [1.54, 1.807) is 43.0 Å². The number of para-hydroxylation sites is 1. The van der Waals surface area contributed by atoms with E-state index in [0.717, 1.165) is 19.1 Å². The second-order valence-corrected chi connectivity index (χ2v) is 13.8. The number of nitrogens with one attached hydrogen (secondary N) is 2. The Morgan fingerprint density at radius 1 is 1.06 bits per heavy atom. The highest BCUT2D eigenvalue weighted by Gasteiger charge is 2.57. The molecule has 0 unspecified atom stereocenters. The van der Waals surface area contributed by atoms with E-state index >= 15 is 8.78 Å². The summed E-state index contributed by atoms with van der Waals surface area (Å²) < 4.78 is 105. The zero-order valence-corrected chi connectivity index (χ0v) is 28.7. The van der Waals surface area contributed by atoms with Crippen molar-refractivity contribution in [2.45, 2.75) is 50.9 Å². The topological polar surface area (TPSA) is 129 Å². The first-order valence-corrected chi connectivity index (χ1v) is 16.8. The molecule has 0 bridgehead atoms. The summed E-state index contributed by atoms with van der Waals surface area (Å²) in [5, 5.41) is 14.6. The number of amides is 1. The number of hydrogen-bond acceptors (Lipinski definition) is 8. The highest BCUT2D eigenvalue weighted by atomic mass is 32.1. The van der Waals surface area contributed by atoms with Gasteiger partial charge in [0, 0.05) is 48.2 Å². The zero-order chi connectivity index (χ0) is 37.4. The van der Waals surface area contributed by atoms with E-state index in [2.05, 4.69) is 25.8 Å². The van der Waals surface area contributed by atoms with Gasteiger partial charge in [0.15, 0.2) is 22.3 Å². The van der Waals surface area contributed by atoms with Crippen LogP contribution in [0, 0.1) is 17.6 Å². The molecule has 3 atom stereocenters. The molecule has 0 fully saturated rings. The molecular weight excluding hydrogens is 715 g/mol. The van der Waals surface area contributed by atoms with E-state index in [9.17, 15) is 26.7 Å². The van der Waals surface area contributed by atoms with Crippen molar-refractivity contribution in [2.75, 3.05) is 18.1 Å². The monoisotopic (exact) mass is 745 g/mol. The summed E-state index contributed by atoms with van der Waals surface area (Å²) in [7, 11) is 3.35. The highest BCUT2D eigenvalue weighted by molar-refractivity contribution is 7.22. The number of halogens is 7. The third-order valence-corrected chi connectivity index (χ3v) is 10.5. The van der Waals surface area contributed by atoms with Crippen LogP contribution in [0.15, 0.2) is 42.5 Å². The second kappa shape index (κ2) is 12.5. The fourth-order valence-electron chi connectivity index (χ4n) is 6.97. The molecule has 0 radical (unpaired) electrons. The predicted molar refractivity (Wildman–Crippen MR) is 181 cm³/mol. The van der Waals surface area contributed by atoms with Crippen molar-refractivity contribution in [3.05, 3.63) is 82.3 Å². The third-order valence-electron chi connectivity index (χ3n) is 9.48. The minimum Gasteiger partial charge on any atom is -0.382 e. The maximum atomic E-state index is 15.5. The number of pyridine rings is 1. The number of alkyl halides is 5. The van der Waals surface area contributed by atoms with Crippen molar-refractivity contribution in [2.24, 2.45) is 13.0 Å². The van der Waals surface area contributed by atoms with Crippen molar-refractivity contribution in [3.8, 4) is 11.1 Å². The van der Waals surface area contributed by atoms with Crippen LogP contribution in [0.3, 0.4) is 0 Å². The summed E-state index contributed by atoms with van der Waals surface area (Å²) in [4.78, 5) is 23.2. The smallest absolute Gasteiger partial charge is 0.382 e. The number of nitrogens with two attached hydrogens (primary N) is 1. The van der Waals surface area contributed by atoms with E-state index in [1.807, 2.05) is 0 Å². The molecule has 1 aliphatic rings. The van der Waals surface area contributed by atoms with Crippen LogP contribution in [0.25, 0.3) is 32.4 Å². The van der Waals surface area contributed by atoms with Crippen LogP contribution in [-0.4, -0.2) is 42.5 Å². The number of fused-ring (bicyclic) bond motifs is 3. The van der Waals surface area contributed by atoms with Gasteiger partial charge in [-0.05, 0) is 42.2 Å². The fourth-order valence-corrected chi connectivity index (χ4v) is 7.77. The normalized spacial score (nSPS) is 17.5. The van der Waals surface area contributed by atoms with Gasteiger partial charge >= 0.3 is 6.18 Å². The predicted octanol–water partition coefficient (Wildman–Crippen LogP) is 7.31. The van der Waals surface area contributed by atoms with E-state index in [-0.39, 0.29) is 29.1 Å². The SMILES string of the molecule is CNc1nc2nc([C@H](Cc3cc(F)cc(F)c3)NC(=O)Cn3nc(C(F)(F)F)c4c3C(F)(F)[C@H](C)[C@@H]4C)c(-c3cccc4c(N)nn(C)c34)cc2s1. The van der Waals surface area contributed by atoms with E-state index in [1.165, 1.54) is 18.3 Å². The lowest BCUT2D eigenvalue weighted by Crippen LogP contribution is -2.35. The van der Waals surface area contributed by atoms with Crippen LogP contribution >= 0.6 is 11.3 Å². The molecule has 272 valence electrons. The number of benzene rings is 2. The van der Waals surface area contributed by atoms with Gasteiger partial charge in [-0.1, -0.05) is 37.3 Å². The van der Waals surface area contributed by atoms with Crippen LogP contribution < -0.4 is 16.4 Å². The van der Waals surface area contributed by atoms with Crippen molar-refractivity contribution < 1.29 is 35.5 Å². The lowest BCUT2D eigenvalue weighted by atomic mass is 9.94. The standard InChI is InChI=1S/C34H30F7N9OS/c1-14-15(2)33(37,38)29-25(14)28(34(39,40)41)47-50(29)13-24(51)44-22(10-16-8-17(35)11-18(36)9-16)26-21(12-23-31(45-26)46-32(43-3)52-23)19-6-5-7-20-27(19)49(4)48-30(20)42/h5-9,11-12,14-15,22H,10,13H2,1-4H3,(H2,42,48)(H,44,51)(H,43,45,46)/t14-,15+,22-/m0/s1. The number of rotatable bonds is 8. The molecule has 0 saturated heterocycles. The Morgan fingerprint density at radius 3 is 2.44 bits per heavy atom. The van der Waals surface area contributed by atoms with E-state index < -0.39 is 71.0 Å². The summed E-state index contributed by atoms with van der Waals surface area (Å²) in [6.45, 7) is 1.38. The number of hydrogen-bond donors (Lipinski definition) is 3. The van der Waals surface area contributed by atoms with Crippen molar-refractivity contribution in [3.63, 3.8) is 0 Å². The number of anilines is 2. The molecule has 2 aromatic carbocycles. The maximum Gasteiger partial charge on any atom is 0.435 e. The highest BCUT2D eigenvalue weighted by Crippen LogP contribution is 2.55. The summed E-state index contributed by atoms with van der Waals surface area (Å²) in [5.41, 5.74) is 5.19. The fraction of sp³-hybridized carbons (Fsp3) is 0.324. The first-order chi connectivity index (χ1) is 24.5. The average Bonchev–Trinajstić information content (AvgIpc) is 3.78. The first kappa shape index (κ1) is 35.2. The largest absolute Gasteiger partial charge is 0.435 e. The van der Waals surface area contributed by atoms with Gasteiger partial charge in [-0.15, -0.1) is 0 Å². The molecule has 1 amide bonds. The van der Waals surface area contributed by atoms with Gasteiger partial charge in [0.2, 0.25) is 5.91 Å². The summed E-state index contributed by atoms with van der Waals surface area (Å²) in [6, 6.07) is 8.62. The number of nitrogen functional groups attached to an aromatic ring is 1. The Morgan fingerprint density at radius 2 is 1.77 bits per heavy atom. The number of aryl methyl sites for hydroxylation is 1. The van der Waals surface area contributed by atoms with Gasteiger partial charge in [-0.2, -0.15) is 32.1 Å². The lowest BCUT2D eigenvalue weighted by Gasteiger charge is -2.23. The van der Waals surface area contributed by atoms with Gasteiger partial charge in [-0.25, -0.2) is 18.7 Å². The molecule has 4 heterocycles. The molecule has 0 spiro atoms. The van der Waals surface area contributed by atoms with Crippen LogP contribution in [0.1, 0.15) is 54.0 Å². The van der Waals surface area contributed by atoms with Crippen molar-refractivity contribution >= 4 is 49.4 Å². The molecule has 52 heavy (non-hydrogen) atoms. The van der Waals surface area contributed by atoms with Gasteiger partial charge in [0.05, 0.1) is 22.0 Å². The molecule has 4 N–H and O–H groups in total. The quantitative estimate of drug-likeness (QED) is 0.140. The zero-order valence-electron chi connectivity index (χ0n) is 27.9. The van der Waals surface area contributed by atoms with Gasteiger partial charge in [-0.3, -0.25) is 14.2 Å². The third kappa shape index (κ3) is 5.87. The summed E-state index contributed by atoms with van der Waals surface area (Å²) in [6.07, 6.45) is -5.33. The Kier molecular flexibility index (Phi) is 8.42. The second-order valence-electron chi connectivity index (χ2n) is 12.8. The number of carbonyl (C=O) groups is 1. The molecule has 10 nitrogen and oxygen atoms in total. The molecular formula is C34H30F7N9OS. The number of nitrogens with zero attached hydrogens (tertiary/aromatic N) is 6. The van der Waals surface area contributed by atoms with E-state index in [4.69, 9.17) is 10.7 Å². The van der Waals surface area contributed by atoms with Crippen molar-refractivity contribution in [1.29, 1.82) is 0 Å².